The minimum Gasteiger partial charge on any atom is -0.506 e. The average molecular weight is 337 g/mol. The van der Waals surface area contributed by atoms with Crippen LogP contribution in [0.1, 0.15) is 17.0 Å². The van der Waals surface area contributed by atoms with Crippen molar-refractivity contribution < 1.29 is 24.5 Å². The molecule has 0 bridgehead atoms. The lowest BCUT2D eigenvalue weighted by Crippen LogP contribution is -2.14. The molecule has 23 heavy (non-hydrogen) atoms. The van der Waals surface area contributed by atoms with Crippen LogP contribution in [-0.4, -0.2) is 30.4 Å². The Morgan fingerprint density at radius 2 is 1.83 bits per heavy atom. The van der Waals surface area contributed by atoms with Crippen LogP contribution in [0.2, 0.25) is 5.02 Å². The van der Waals surface area contributed by atoms with E-state index >= 15 is 0 Å². The van der Waals surface area contributed by atoms with Gasteiger partial charge >= 0.3 is 5.97 Å². The van der Waals surface area contributed by atoms with Gasteiger partial charge in [0.25, 0.3) is 0 Å². The Labute approximate surface area is 139 Å². The van der Waals surface area contributed by atoms with Gasteiger partial charge < -0.3 is 19.7 Å². The second-order valence-corrected chi connectivity index (χ2v) is 5.40. The van der Waals surface area contributed by atoms with Crippen molar-refractivity contribution >= 4 is 17.6 Å². The number of hydrogen-bond acceptors (Lipinski definition) is 4. The molecule has 0 radical (unpaired) electrons. The monoisotopic (exact) mass is 336 g/mol. The van der Waals surface area contributed by atoms with E-state index in [9.17, 15) is 15.0 Å². The summed E-state index contributed by atoms with van der Waals surface area (Å²) in [6.07, 6.45) is 0.241. The molecule has 1 unspecified atom stereocenters. The Bertz CT molecular complexity index is 714. The highest BCUT2D eigenvalue weighted by molar-refractivity contribution is 6.32. The summed E-state index contributed by atoms with van der Waals surface area (Å²) in [6, 6.07) is 9.69. The van der Waals surface area contributed by atoms with Crippen molar-refractivity contribution in [3.05, 3.63) is 52.5 Å². The summed E-state index contributed by atoms with van der Waals surface area (Å²) in [6.45, 7) is 0. The predicted molar refractivity (Wildman–Crippen MR) is 86.7 cm³/mol. The van der Waals surface area contributed by atoms with E-state index in [4.69, 9.17) is 21.1 Å². The van der Waals surface area contributed by atoms with Crippen LogP contribution in [0.5, 0.6) is 17.2 Å². The molecule has 0 aromatic heterocycles. The maximum absolute atomic E-state index is 11.7. The van der Waals surface area contributed by atoms with Gasteiger partial charge in [-0.2, -0.15) is 0 Å². The molecule has 0 heterocycles. The largest absolute Gasteiger partial charge is 0.506 e. The SMILES string of the molecule is COc1ccc(C(Cc2ccc(O)c(Cl)c2)C(=O)O)cc1OC. The number of methoxy groups -OCH3 is 2. The van der Waals surface area contributed by atoms with Crippen molar-refractivity contribution in [1.29, 1.82) is 0 Å². The predicted octanol–water partition coefficient (Wildman–Crippen LogP) is 3.47. The summed E-state index contributed by atoms with van der Waals surface area (Å²) >= 11 is 5.88. The number of halogens is 1. The van der Waals surface area contributed by atoms with Crippen molar-refractivity contribution in [2.75, 3.05) is 14.2 Å². The summed E-state index contributed by atoms with van der Waals surface area (Å²) in [5, 5.41) is 19.2. The van der Waals surface area contributed by atoms with Crippen LogP contribution in [0.25, 0.3) is 0 Å². The molecule has 2 rings (SSSR count). The van der Waals surface area contributed by atoms with E-state index in [1.165, 1.54) is 20.3 Å². The number of benzene rings is 2. The molecule has 0 fully saturated rings. The number of ether oxygens (including phenoxy) is 2. The van der Waals surface area contributed by atoms with Crippen LogP contribution in [0.4, 0.5) is 0 Å². The molecule has 0 aliphatic carbocycles. The lowest BCUT2D eigenvalue weighted by molar-refractivity contribution is -0.138. The fourth-order valence-electron chi connectivity index (χ4n) is 2.33. The standard InChI is InChI=1S/C17H17ClO5/c1-22-15-6-4-11(9-16(15)23-2)12(17(20)21)7-10-3-5-14(19)13(18)8-10/h3-6,8-9,12,19H,7H2,1-2H3,(H,20,21). The van der Waals surface area contributed by atoms with Gasteiger partial charge in [0.1, 0.15) is 5.75 Å². The second-order valence-electron chi connectivity index (χ2n) is 5.00. The Morgan fingerprint density at radius 3 is 2.39 bits per heavy atom. The molecule has 5 nitrogen and oxygen atoms in total. The van der Waals surface area contributed by atoms with Crippen molar-refractivity contribution in [2.45, 2.75) is 12.3 Å². The fourth-order valence-corrected chi connectivity index (χ4v) is 2.53. The first kappa shape index (κ1) is 17.0. The van der Waals surface area contributed by atoms with Crippen molar-refractivity contribution in [3.63, 3.8) is 0 Å². The summed E-state index contributed by atoms with van der Waals surface area (Å²) in [4.78, 5) is 11.7. The summed E-state index contributed by atoms with van der Waals surface area (Å²) < 4.78 is 10.4. The zero-order chi connectivity index (χ0) is 17.0. The van der Waals surface area contributed by atoms with Gasteiger partial charge in [0, 0.05) is 0 Å². The van der Waals surface area contributed by atoms with Gasteiger partial charge in [-0.15, -0.1) is 0 Å². The molecule has 0 amide bonds. The summed E-state index contributed by atoms with van der Waals surface area (Å²) in [7, 11) is 3.02. The molecule has 0 aliphatic rings. The molecule has 0 spiro atoms. The first-order valence-electron chi connectivity index (χ1n) is 6.88. The van der Waals surface area contributed by atoms with E-state index < -0.39 is 11.9 Å². The highest BCUT2D eigenvalue weighted by Crippen LogP contribution is 2.33. The quantitative estimate of drug-likeness (QED) is 0.844. The van der Waals surface area contributed by atoms with Crippen LogP contribution < -0.4 is 9.47 Å². The van der Waals surface area contributed by atoms with Crippen LogP contribution in [0.15, 0.2) is 36.4 Å². The van der Waals surface area contributed by atoms with Crippen LogP contribution in [-0.2, 0) is 11.2 Å². The van der Waals surface area contributed by atoms with E-state index in [-0.39, 0.29) is 17.2 Å². The number of aromatic hydroxyl groups is 1. The number of carboxylic acids is 1. The van der Waals surface area contributed by atoms with Gasteiger partial charge in [0.15, 0.2) is 11.5 Å². The minimum atomic E-state index is -0.957. The van der Waals surface area contributed by atoms with Crippen LogP contribution in [0, 0.1) is 0 Å². The molecule has 122 valence electrons. The first-order valence-corrected chi connectivity index (χ1v) is 7.26. The maximum Gasteiger partial charge on any atom is 0.311 e. The van der Waals surface area contributed by atoms with Crippen LogP contribution >= 0.6 is 11.6 Å². The number of phenolic OH excluding ortho intramolecular Hbond substituents is 1. The minimum absolute atomic E-state index is 0.0339. The van der Waals surface area contributed by atoms with E-state index in [0.29, 0.717) is 17.1 Å². The van der Waals surface area contributed by atoms with E-state index in [1.54, 1.807) is 30.3 Å². The zero-order valence-corrected chi connectivity index (χ0v) is 13.5. The number of carbonyl (C=O) groups is 1. The zero-order valence-electron chi connectivity index (χ0n) is 12.7. The topological polar surface area (TPSA) is 76.0 Å². The third-order valence-corrected chi connectivity index (χ3v) is 3.86. The molecule has 0 saturated heterocycles. The molecular formula is C17H17ClO5. The molecule has 0 aliphatic heterocycles. The normalized spacial score (nSPS) is 11.8. The highest BCUT2D eigenvalue weighted by Gasteiger charge is 2.22. The Kier molecular flexibility index (Phi) is 5.34. The molecule has 6 heteroatoms. The van der Waals surface area contributed by atoms with Gasteiger partial charge in [-0.1, -0.05) is 23.7 Å². The average Bonchev–Trinajstić information content (AvgIpc) is 2.54. The van der Waals surface area contributed by atoms with E-state index in [2.05, 4.69) is 0 Å². The third kappa shape index (κ3) is 3.87. The smallest absolute Gasteiger partial charge is 0.311 e. The Morgan fingerprint density at radius 1 is 1.13 bits per heavy atom. The highest BCUT2D eigenvalue weighted by atomic mass is 35.5. The molecular weight excluding hydrogens is 320 g/mol. The van der Waals surface area contributed by atoms with Gasteiger partial charge in [0.05, 0.1) is 25.2 Å². The third-order valence-electron chi connectivity index (χ3n) is 3.56. The van der Waals surface area contributed by atoms with Gasteiger partial charge in [0.2, 0.25) is 0 Å². The lowest BCUT2D eigenvalue weighted by Gasteiger charge is -2.16. The van der Waals surface area contributed by atoms with Gasteiger partial charge in [-0.25, -0.2) is 0 Å². The summed E-state index contributed by atoms with van der Waals surface area (Å²) in [5.41, 5.74) is 1.31. The Hall–Kier alpha value is -2.40. The van der Waals surface area contributed by atoms with Gasteiger partial charge in [-0.05, 0) is 41.8 Å². The summed E-state index contributed by atoms with van der Waals surface area (Å²) in [5.74, 6) is -0.752. The molecule has 2 aromatic rings. The molecule has 2 N–H and O–H groups in total. The first-order chi connectivity index (χ1) is 11.0. The maximum atomic E-state index is 11.7. The molecule has 1 atom stereocenters. The molecule has 0 saturated carbocycles. The number of aliphatic carboxylic acids is 1. The van der Waals surface area contributed by atoms with Crippen molar-refractivity contribution in [1.82, 2.24) is 0 Å². The van der Waals surface area contributed by atoms with E-state index in [0.717, 1.165) is 5.56 Å². The van der Waals surface area contributed by atoms with Crippen molar-refractivity contribution in [2.24, 2.45) is 0 Å². The van der Waals surface area contributed by atoms with E-state index in [1.807, 2.05) is 0 Å². The number of hydrogen-bond donors (Lipinski definition) is 2. The van der Waals surface area contributed by atoms with Crippen molar-refractivity contribution in [3.8, 4) is 17.2 Å². The number of rotatable bonds is 6. The number of phenols is 1. The van der Waals surface area contributed by atoms with Crippen LogP contribution in [0.3, 0.4) is 0 Å². The second kappa shape index (κ2) is 7.24. The Balaban J connectivity index is 2.35. The molecule has 2 aromatic carbocycles. The lowest BCUT2D eigenvalue weighted by atomic mass is 9.91. The number of carboxylic acid groups (broad SMARTS) is 1. The fraction of sp³-hybridized carbons (Fsp3) is 0.235. The van der Waals surface area contributed by atoms with Gasteiger partial charge in [-0.3, -0.25) is 4.79 Å².